The maximum atomic E-state index is 6.28. The number of para-hydroxylation sites is 1. The number of benzene rings is 9. The molecular weight excluding hydrogens is 721 g/mol. The Morgan fingerprint density at radius 2 is 0.949 bits per heavy atom. The van der Waals surface area contributed by atoms with Crippen molar-refractivity contribution in [1.29, 1.82) is 0 Å². The van der Waals surface area contributed by atoms with Gasteiger partial charge in [0.25, 0.3) is 0 Å². The molecule has 0 saturated carbocycles. The van der Waals surface area contributed by atoms with E-state index in [9.17, 15) is 0 Å². The SMILES string of the molecule is c1ccc(-c2nc(-c3ccc(-c4cc5ccccc5c5c4ccc4cccnc45)cc3)nc(-c3ccc(-c4cccc5oc6ccccc6c45)c4ccccc34)n2)cc1. The fourth-order valence-electron chi connectivity index (χ4n) is 8.83. The minimum absolute atomic E-state index is 0.613. The van der Waals surface area contributed by atoms with E-state index in [4.69, 9.17) is 24.4 Å². The van der Waals surface area contributed by atoms with Crippen LogP contribution in [0.4, 0.5) is 0 Å². The number of nitrogens with zero attached hydrogens (tertiary/aromatic N) is 4. The summed E-state index contributed by atoms with van der Waals surface area (Å²) in [5, 5.41) is 10.2. The molecule has 5 nitrogen and oxygen atoms in total. The Hall–Kier alpha value is -8.02. The average molecular weight is 753 g/mol. The van der Waals surface area contributed by atoms with Gasteiger partial charge in [-0.15, -0.1) is 0 Å². The molecule has 0 aliphatic rings. The number of hydrogen-bond donors (Lipinski definition) is 0. The van der Waals surface area contributed by atoms with Gasteiger partial charge in [0.15, 0.2) is 17.5 Å². The average Bonchev–Trinajstić information content (AvgIpc) is 3.70. The molecule has 3 aromatic heterocycles. The van der Waals surface area contributed by atoms with E-state index >= 15 is 0 Å². The van der Waals surface area contributed by atoms with Crippen LogP contribution in [0.15, 0.2) is 199 Å². The van der Waals surface area contributed by atoms with Gasteiger partial charge in [0.2, 0.25) is 0 Å². The van der Waals surface area contributed by atoms with Crippen molar-refractivity contribution >= 4 is 65.2 Å². The van der Waals surface area contributed by atoms with Gasteiger partial charge < -0.3 is 4.42 Å². The van der Waals surface area contributed by atoms with E-state index in [1.165, 1.54) is 21.5 Å². The Morgan fingerprint density at radius 3 is 1.78 bits per heavy atom. The summed E-state index contributed by atoms with van der Waals surface area (Å²) in [7, 11) is 0. The zero-order valence-corrected chi connectivity index (χ0v) is 31.7. The first-order chi connectivity index (χ1) is 29.2. The highest BCUT2D eigenvalue weighted by Gasteiger charge is 2.19. The van der Waals surface area contributed by atoms with E-state index in [-0.39, 0.29) is 0 Å². The predicted octanol–water partition coefficient (Wildman–Crippen LogP) is 14.1. The molecule has 0 amide bonds. The van der Waals surface area contributed by atoms with Crippen LogP contribution in [0.1, 0.15) is 0 Å². The van der Waals surface area contributed by atoms with Crippen LogP contribution in [0, 0.1) is 0 Å². The molecule has 0 N–H and O–H groups in total. The third kappa shape index (κ3) is 5.40. The summed E-state index contributed by atoms with van der Waals surface area (Å²) >= 11 is 0. The minimum Gasteiger partial charge on any atom is -0.456 e. The molecule has 0 aliphatic heterocycles. The molecule has 0 fully saturated rings. The van der Waals surface area contributed by atoms with E-state index in [0.29, 0.717) is 17.5 Å². The fourth-order valence-corrected chi connectivity index (χ4v) is 8.83. The Morgan fingerprint density at radius 1 is 0.322 bits per heavy atom. The maximum Gasteiger partial charge on any atom is 0.164 e. The largest absolute Gasteiger partial charge is 0.456 e. The minimum atomic E-state index is 0.613. The number of hydrogen-bond acceptors (Lipinski definition) is 5. The van der Waals surface area contributed by atoms with Gasteiger partial charge in [-0.05, 0) is 79.5 Å². The third-order valence-electron chi connectivity index (χ3n) is 11.6. The first-order valence-corrected chi connectivity index (χ1v) is 19.8. The van der Waals surface area contributed by atoms with Gasteiger partial charge in [-0.25, -0.2) is 15.0 Å². The monoisotopic (exact) mass is 752 g/mol. The van der Waals surface area contributed by atoms with E-state index in [2.05, 4.69) is 133 Å². The smallest absolute Gasteiger partial charge is 0.164 e. The summed E-state index contributed by atoms with van der Waals surface area (Å²) in [5.74, 6) is 1.85. The fraction of sp³-hybridized carbons (Fsp3) is 0. The quantitative estimate of drug-likeness (QED) is 0.164. The van der Waals surface area contributed by atoms with Crippen molar-refractivity contribution in [3.8, 4) is 56.4 Å². The number of fused-ring (bicyclic) bond motifs is 9. The Balaban J connectivity index is 1.01. The zero-order chi connectivity index (χ0) is 38.9. The van der Waals surface area contributed by atoms with E-state index in [1.807, 2.05) is 60.8 Å². The van der Waals surface area contributed by atoms with Crippen LogP contribution in [-0.4, -0.2) is 19.9 Å². The summed E-state index contributed by atoms with van der Waals surface area (Å²) in [6.45, 7) is 0. The highest BCUT2D eigenvalue weighted by Crippen LogP contribution is 2.42. The lowest BCUT2D eigenvalue weighted by Crippen LogP contribution is -2.01. The van der Waals surface area contributed by atoms with Crippen LogP contribution >= 0.6 is 0 Å². The topological polar surface area (TPSA) is 64.7 Å². The molecule has 5 heteroatoms. The normalized spacial score (nSPS) is 11.7. The first-order valence-electron chi connectivity index (χ1n) is 19.8. The van der Waals surface area contributed by atoms with Gasteiger partial charge in [-0.3, -0.25) is 4.98 Å². The van der Waals surface area contributed by atoms with Crippen LogP contribution < -0.4 is 0 Å². The number of pyridine rings is 1. The lowest BCUT2D eigenvalue weighted by molar-refractivity contribution is 0.669. The molecule has 274 valence electrons. The highest BCUT2D eigenvalue weighted by molar-refractivity contribution is 6.23. The van der Waals surface area contributed by atoms with Gasteiger partial charge in [-0.2, -0.15) is 0 Å². The molecule has 0 aliphatic carbocycles. The van der Waals surface area contributed by atoms with Crippen molar-refractivity contribution in [2.24, 2.45) is 0 Å². The molecule has 0 bridgehead atoms. The summed E-state index contributed by atoms with van der Waals surface area (Å²) in [6.07, 6.45) is 1.88. The second-order valence-electron chi connectivity index (χ2n) is 14.9. The van der Waals surface area contributed by atoms with Crippen molar-refractivity contribution < 1.29 is 4.42 Å². The summed E-state index contributed by atoms with van der Waals surface area (Å²) in [6, 6.07) is 65.6. The molecule has 0 saturated heterocycles. The molecule has 3 heterocycles. The molecule has 59 heavy (non-hydrogen) atoms. The number of rotatable bonds is 5. The lowest BCUT2D eigenvalue weighted by Gasteiger charge is -2.14. The van der Waals surface area contributed by atoms with E-state index < -0.39 is 0 Å². The van der Waals surface area contributed by atoms with Crippen molar-refractivity contribution in [1.82, 2.24) is 19.9 Å². The van der Waals surface area contributed by atoms with Crippen LogP contribution in [0.25, 0.3) is 122 Å². The maximum absolute atomic E-state index is 6.28. The molecular formula is C54H32N4O. The van der Waals surface area contributed by atoms with Gasteiger partial charge >= 0.3 is 0 Å². The van der Waals surface area contributed by atoms with Gasteiger partial charge in [-0.1, -0.05) is 158 Å². The predicted molar refractivity (Wildman–Crippen MR) is 242 cm³/mol. The molecule has 0 radical (unpaired) electrons. The van der Waals surface area contributed by atoms with E-state index in [0.717, 1.165) is 82.6 Å². The standard InChI is InChI=1S/C54H32N4O/c1-2-12-35(13-3-1)52-56-53(36-25-23-33(24-26-36)46-32-37-14-4-5-16-38(37)50-43(46)28-27-34-15-11-31-55-51(34)50)58-54(57-52)44-30-29-41(39-17-6-7-18-40(39)44)42-20-10-22-48-49(42)45-19-8-9-21-47(45)59-48/h1-32H. The molecule has 9 aromatic carbocycles. The van der Waals surface area contributed by atoms with Crippen molar-refractivity contribution in [2.75, 3.05) is 0 Å². The summed E-state index contributed by atoms with van der Waals surface area (Å²) in [5.41, 5.74) is 10.1. The molecule has 0 spiro atoms. The van der Waals surface area contributed by atoms with Gasteiger partial charge in [0.1, 0.15) is 11.2 Å². The number of furan rings is 1. The molecule has 0 atom stereocenters. The summed E-state index contributed by atoms with van der Waals surface area (Å²) in [4.78, 5) is 20.3. The van der Waals surface area contributed by atoms with Gasteiger partial charge in [0, 0.05) is 44.4 Å². The second-order valence-corrected chi connectivity index (χ2v) is 14.9. The van der Waals surface area contributed by atoms with E-state index in [1.54, 1.807) is 0 Å². The Labute approximate surface area is 338 Å². The molecule has 0 unspecified atom stereocenters. The zero-order valence-electron chi connectivity index (χ0n) is 31.7. The molecule has 12 aromatic rings. The van der Waals surface area contributed by atoms with Crippen molar-refractivity contribution in [3.63, 3.8) is 0 Å². The van der Waals surface area contributed by atoms with Crippen molar-refractivity contribution in [2.45, 2.75) is 0 Å². The van der Waals surface area contributed by atoms with Crippen LogP contribution in [0.3, 0.4) is 0 Å². The number of aromatic nitrogens is 4. The van der Waals surface area contributed by atoms with Crippen LogP contribution in [-0.2, 0) is 0 Å². The van der Waals surface area contributed by atoms with Crippen LogP contribution in [0.5, 0.6) is 0 Å². The Bertz CT molecular complexity index is 3600. The molecule has 12 rings (SSSR count). The van der Waals surface area contributed by atoms with Gasteiger partial charge in [0.05, 0.1) is 5.52 Å². The lowest BCUT2D eigenvalue weighted by atomic mass is 9.91. The third-order valence-corrected chi connectivity index (χ3v) is 11.6. The second kappa shape index (κ2) is 13.3. The summed E-state index contributed by atoms with van der Waals surface area (Å²) < 4.78 is 6.28. The Kier molecular flexibility index (Phi) is 7.47. The van der Waals surface area contributed by atoms with Crippen LogP contribution in [0.2, 0.25) is 0 Å². The van der Waals surface area contributed by atoms with Crippen molar-refractivity contribution in [3.05, 3.63) is 194 Å². The highest BCUT2D eigenvalue weighted by atomic mass is 16.3. The first kappa shape index (κ1) is 33.2.